The van der Waals surface area contributed by atoms with Crippen molar-refractivity contribution in [2.75, 3.05) is 0 Å². The number of hydrogen-bond acceptors (Lipinski definition) is 12. The Kier molecular flexibility index (Phi) is 37.1. The molecular formula is C103H96F18LiN11O6S3. The fraction of sp³-hybridized carbons (Fsp3) is 0.262. The van der Waals surface area contributed by atoms with Crippen molar-refractivity contribution in [1.82, 2.24) is 49.9 Å². The van der Waals surface area contributed by atoms with E-state index in [-0.39, 0.29) is 82.4 Å². The third-order valence-electron chi connectivity index (χ3n) is 21.4. The first-order chi connectivity index (χ1) is 66.5. The summed E-state index contributed by atoms with van der Waals surface area (Å²) in [5, 5.41) is 27.8. The predicted molar refractivity (Wildman–Crippen MR) is 503 cm³/mol. The zero-order chi connectivity index (χ0) is 103. The van der Waals surface area contributed by atoms with Crippen LogP contribution in [0.25, 0.3) is 0 Å². The quantitative estimate of drug-likeness (QED) is 0.0130. The summed E-state index contributed by atoms with van der Waals surface area (Å²) in [6, 6.07) is 78.4. The molecule has 0 aliphatic carbocycles. The number of benzene rings is 12. The van der Waals surface area contributed by atoms with Crippen molar-refractivity contribution < 1.29 is 125 Å². The van der Waals surface area contributed by atoms with E-state index in [0.29, 0.717) is 18.2 Å². The Hall–Kier alpha value is -12.4. The molecule has 0 amide bonds. The van der Waals surface area contributed by atoms with Crippen molar-refractivity contribution in [3.8, 4) is 17.2 Å². The zero-order valence-electron chi connectivity index (χ0n) is 78.2. The molecule has 14 aromatic rings. The van der Waals surface area contributed by atoms with E-state index < -0.39 is 159 Å². The maximum Gasteiger partial charge on any atom is 1.00 e. The van der Waals surface area contributed by atoms with Gasteiger partial charge in [-0.1, -0.05) is 220 Å². The largest absolute Gasteiger partial charge is 1.00 e. The van der Waals surface area contributed by atoms with E-state index in [0.717, 1.165) is 113 Å². The smallest absolute Gasteiger partial charge is 0.428 e. The van der Waals surface area contributed by atoms with Gasteiger partial charge in [0.2, 0.25) is 0 Å². The standard InChI is InChI=1S/2C40H35F6N5O2S.C19H17F6NO2S.C4H9.Li/c2*1-37(2,3)54(52)49-38(27-19-21-32(41)22-20-27,31-23-33(42)25-34(24-31)53-40(45,46)36(43)44)26-35-47-50-51(48-35)39(28-13-7-4-8-14-28,29-15-9-5-10-16-29)30-17-11-6-12-18-30;1-18(2,3)29(27)26-16(11-4-6-13(20)7-5-11)12-8-14(21)10-15(9-12)28-19(24,25)17(22)23;1-3-4-2;/h2*4-25,36,49H,26H2,1-3H3;4-10,17H,1-3H3;1,3-4H2,2H3;/q;;;-1;+1/t2*38-,54?;29-;;/m100../s1. The van der Waals surface area contributed by atoms with Gasteiger partial charge in [-0.05, 0) is 213 Å². The summed E-state index contributed by atoms with van der Waals surface area (Å²) in [5.74, 6) is -7.89. The summed E-state index contributed by atoms with van der Waals surface area (Å²) in [6.07, 6.45) is -25.8. The van der Waals surface area contributed by atoms with Crippen LogP contribution in [-0.4, -0.2) is 111 Å². The van der Waals surface area contributed by atoms with Gasteiger partial charge >= 0.3 is 56.5 Å². The fourth-order valence-electron chi connectivity index (χ4n) is 14.5. The number of rotatable bonds is 33. The molecule has 0 radical (unpaired) electrons. The van der Waals surface area contributed by atoms with Crippen LogP contribution in [0.2, 0.25) is 0 Å². The molecule has 142 heavy (non-hydrogen) atoms. The molecule has 0 aliphatic rings. The molecule has 2 N–H and O–H groups in total. The molecule has 5 atom stereocenters. The van der Waals surface area contributed by atoms with Crippen molar-refractivity contribution in [3.05, 3.63) is 430 Å². The van der Waals surface area contributed by atoms with E-state index in [9.17, 15) is 82.9 Å². The Bertz CT molecular complexity index is 6060. The molecular weight excluding hydrogens is 1930 g/mol. The third kappa shape index (κ3) is 26.9. The fourth-order valence-corrected chi connectivity index (χ4v) is 17.0. The van der Waals surface area contributed by atoms with Crippen molar-refractivity contribution >= 4 is 38.7 Å². The summed E-state index contributed by atoms with van der Waals surface area (Å²) in [5.41, 5.74) is -1.55. The summed E-state index contributed by atoms with van der Waals surface area (Å²) >= 11 is 0. The van der Waals surface area contributed by atoms with Crippen molar-refractivity contribution in [2.45, 2.75) is 169 Å². The molecule has 2 heterocycles. The summed E-state index contributed by atoms with van der Waals surface area (Å²) < 4.78 is 308. The van der Waals surface area contributed by atoms with E-state index in [1.54, 1.807) is 62.3 Å². The van der Waals surface area contributed by atoms with Crippen LogP contribution >= 0.6 is 0 Å². The van der Waals surface area contributed by atoms with Gasteiger partial charge < -0.3 is 21.1 Å². The van der Waals surface area contributed by atoms with Crippen molar-refractivity contribution in [1.29, 1.82) is 0 Å². The van der Waals surface area contributed by atoms with Gasteiger partial charge in [0, 0.05) is 42.2 Å². The second kappa shape index (κ2) is 47.2. The van der Waals surface area contributed by atoms with E-state index in [4.69, 9.17) is 10.2 Å². The van der Waals surface area contributed by atoms with Crippen LogP contribution in [0.4, 0.5) is 79.0 Å². The van der Waals surface area contributed by atoms with Crippen molar-refractivity contribution in [2.24, 2.45) is 4.40 Å². The molecule has 0 fully saturated rings. The van der Waals surface area contributed by atoms with Gasteiger partial charge in [0.05, 0.1) is 53.0 Å². The minimum atomic E-state index is -4.97. The molecule has 12 aromatic carbocycles. The molecule has 0 aliphatic heterocycles. The number of ether oxygens (including phenoxy) is 3. The number of tetrazole rings is 2. The van der Waals surface area contributed by atoms with E-state index in [1.807, 2.05) is 182 Å². The topological polar surface area (TPSA) is 203 Å². The zero-order valence-corrected chi connectivity index (χ0v) is 80.7. The van der Waals surface area contributed by atoms with E-state index in [1.165, 1.54) is 52.4 Å². The normalized spacial score (nSPS) is 13.8. The van der Waals surface area contributed by atoms with Crippen LogP contribution in [0.5, 0.6) is 17.2 Å². The van der Waals surface area contributed by atoms with Crippen LogP contribution in [0.1, 0.15) is 160 Å². The van der Waals surface area contributed by atoms with Gasteiger partial charge in [0.15, 0.2) is 22.7 Å². The van der Waals surface area contributed by atoms with Gasteiger partial charge in [-0.2, -0.15) is 63.5 Å². The van der Waals surface area contributed by atoms with Gasteiger partial charge in [0.1, 0.15) is 63.1 Å². The van der Waals surface area contributed by atoms with Crippen LogP contribution in [0.3, 0.4) is 0 Å². The number of aromatic nitrogens is 8. The molecule has 14 rings (SSSR count). The van der Waals surface area contributed by atoms with Gasteiger partial charge in [-0.3, -0.25) is 0 Å². The Balaban J connectivity index is 0.000000223. The Morgan fingerprint density at radius 2 is 0.620 bits per heavy atom. The first-order valence-corrected chi connectivity index (χ1v) is 46.8. The first kappa shape index (κ1) is 112. The molecule has 0 bridgehead atoms. The molecule has 0 saturated carbocycles. The number of alkyl halides is 12. The number of halogens is 18. The second-order valence-corrected chi connectivity index (χ2v) is 40.7. The van der Waals surface area contributed by atoms with Gasteiger partial charge in [0.25, 0.3) is 0 Å². The molecule has 2 unspecified atom stereocenters. The number of nitrogens with one attached hydrogen (secondary N) is 2. The van der Waals surface area contributed by atoms with Crippen LogP contribution in [0.15, 0.2) is 314 Å². The monoisotopic (exact) mass is 2030 g/mol. The van der Waals surface area contributed by atoms with Crippen molar-refractivity contribution in [3.63, 3.8) is 0 Å². The predicted octanol–water partition coefficient (Wildman–Crippen LogP) is 21.3. The third-order valence-corrected chi connectivity index (χ3v) is 26.1. The Morgan fingerprint density at radius 1 is 0.352 bits per heavy atom. The summed E-state index contributed by atoms with van der Waals surface area (Å²) in [4.78, 5) is 2.86. The van der Waals surface area contributed by atoms with Gasteiger partial charge in [-0.25, -0.2) is 48.4 Å². The maximum atomic E-state index is 15.4. The molecule has 2 aromatic heterocycles. The van der Waals surface area contributed by atoms with E-state index >= 15 is 8.78 Å². The van der Waals surface area contributed by atoms with Crippen LogP contribution < -0.4 is 42.5 Å². The molecule has 0 saturated heterocycles. The minimum Gasteiger partial charge on any atom is -0.428 e. The molecule has 0 spiro atoms. The van der Waals surface area contributed by atoms with Gasteiger partial charge in [-0.15, -0.1) is 30.0 Å². The average molecular weight is 2030 g/mol. The Labute approximate surface area is 828 Å². The molecule has 17 nitrogen and oxygen atoms in total. The number of unbranched alkanes of at least 4 members (excludes halogenated alkanes) is 1. The molecule has 39 heteroatoms. The summed E-state index contributed by atoms with van der Waals surface area (Å²) in [6.45, 7) is 20.6. The number of nitrogens with zero attached hydrogens (tertiary/aromatic N) is 9. The van der Waals surface area contributed by atoms with Crippen LogP contribution in [0, 0.1) is 41.8 Å². The Morgan fingerprint density at radius 3 is 0.880 bits per heavy atom. The van der Waals surface area contributed by atoms with Crippen LogP contribution in [-0.2, 0) is 68.0 Å². The minimum absolute atomic E-state index is 0. The maximum absolute atomic E-state index is 15.4. The van der Waals surface area contributed by atoms with E-state index in [2.05, 4.69) is 62.5 Å². The summed E-state index contributed by atoms with van der Waals surface area (Å²) in [7, 11) is -5.82. The average Bonchev–Trinajstić information content (AvgIpc) is 1.53. The number of hydrogen-bond donors (Lipinski definition) is 2. The SMILES string of the molecule is CC(C)(C)S(=O)N[C@@](Cc1nnn(C(c2ccccc2)(c2ccccc2)c2ccccc2)n1)(c1ccc(F)cc1)c1cc(F)cc(OC(F)(F)C(F)F)c1.CC(C)(C)S(=O)N[C@](Cc1nnn(C(c2ccccc2)(c2ccccc2)c2ccccc2)n1)(c1ccc(F)cc1)c1cc(F)cc(OC(F)(F)C(F)F)c1.CC(C)(C)[S@](=O)N=C(c1ccc(F)cc1)c1cc(F)cc(OC(F)(F)C(F)F)c1.[CH2-]CCC.[Li+]. The molecule has 744 valence electrons. The second-order valence-electron chi connectivity index (χ2n) is 34.8. The first-order valence-electron chi connectivity index (χ1n) is 43.4.